The topological polar surface area (TPSA) is 95.9 Å². The van der Waals surface area contributed by atoms with Gasteiger partial charge in [0.2, 0.25) is 5.91 Å². The number of ether oxygens (including phenoxy) is 1. The summed E-state index contributed by atoms with van der Waals surface area (Å²) in [6, 6.07) is 0. The quantitative estimate of drug-likeness (QED) is 0.515. The molecule has 0 aliphatic heterocycles. The van der Waals surface area contributed by atoms with E-state index in [0.717, 1.165) is 0 Å². The molecule has 0 heterocycles. The highest BCUT2D eigenvalue weighted by molar-refractivity contribution is 5.77. The highest BCUT2D eigenvalue weighted by atomic mass is 16.5. The first-order chi connectivity index (χ1) is 6.31. The van der Waals surface area contributed by atoms with Crippen molar-refractivity contribution in [3.05, 3.63) is 0 Å². The van der Waals surface area contributed by atoms with E-state index in [2.05, 4.69) is 10.1 Å². The number of carbonyl (C=O) groups is 2. The van der Waals surface area contributed by atoms with E-state index in [0.29, 0.717) is 0 Å². The molecular weight excluding hydrogens is 190 g/mol. The first-order valence-electron chi connectivity index (χ1n) is 4.10. The van der Waals surface area contributed by atoms with Crippen LogP contribution in [-0.4, -0.2) is 47.4 Å². The molecule has 0 aromatic rings. The van der Waals surface area contributed by atoms with Crippen molar-refractivity contribution in [3.8, 4) is 0 Å². The predicted molar refractivity (Wildman–Crippen MR) is 47.8 cm³/mol. The summed E-state index contributed by atoms with van der Waals surface area (Å²) in [5, 5.41) is 19.8. The number of carbonyl (C=O) groups excluding carboxylic acids is 1. The lowest BCUT2D eigenvalue weighted by Gasteiger charge is -2.17. The number of amides is 1. The Morgan fingerprint density at radius 2 is 1.93 bits per heavy atom. The van der Waals surface area contributed by atoms with Crippen molar-refractivity contribution in [2.24, 2.45) is 0 Å². The van der Waals surface area contributed by atoms with E-state index in [-0.39, 0.29) is 13.2 Å². The number of rotatable bonds is 6. The van der Waals surface area contributed by atoms with Crippen LogP contribution in [-0.2, 0) is 14.3 Å². The van der Waals surface area contributed by atoms with Crippen LogP contribution in [0.1, 0.15) is 13.8 Å². The average Bonchev–Trinajstić information content (AvgIpc) is 1.99. The van der Waals surface area contributed by atoms with Crippen molar-refractivity contribution in [1.82, 2.24) is 5.32 Å². The van der Waals surface area contributed by atoms with Gasteiger partial charge in [0.1, 0.15) is 13.2 Å². The van der Waals surface area contributed by atoms with E-state index >= 15 is 0 Å². The maximum atomic E-state index is 10.9. The van der Waals surface area contributed by atoms with Gasteiger partial charge in [-0.3, -0.25) is 4.79 Å². The van der Waals surface area contributed by atoms with Gasteiger partial charge in [0.15, 0.2) is 0 Å². The molecule has 1 amide bonds. The Kier molecular flexibility index (Phi) is 5.11. The standard InChI is InChI=1S/C8H15NO5/c1-8(2,13)5-9-6(10)3-14-4-7(11)12/h13H,3-5H2,1-2H3,(H,9,10)(H,11,12). The zero-order valence-electron chi connectivity index (χ0n) is 8.24. The number of carboxylic acid groups (broad SMARTS) is 1. The van der Waals surface area contributed by atoms with Gasteiger partial charge in [-0.25, -0.2) is 4.79 Å². The second-order valence-corrected chi connectivity index (χ2v) is 3.48. The van der Waals surface area contributed by atoms with Crippen LogP contribution >= 0.6 is 0 Å². The maximum Gasteiger partial charge on any atom is 0.329 e. The summed E-state index contributed by atoms with van der Waals surface area (Å²) < 4.78 is 4.53. The van der Waals surface area contributed by atoms with Crippen molar-refractivity contribution in [2.75, 3.05) is 19.8 Å². The lowest BCUT2D eigenvalue weighted by molar-refractivity contribution is -0.143. The first kappa shape index (κ1) is 12.9. The van der Waals surface area contributed by atoms with Gasteiger partial charge >= 0.3 is 5.97 Å². The molecule has 6 nitrogen and oxygen atoms in total. The third-order valence-electron chi connectivity index (χ3n) is 1.18. The predicted octanol–water partition coefficient (Wildman–Crippen LogP) is -1.03. The summed E-state index contributed by atoms with van der Waals surface area (Å²) in [5.74, 6) is -1.58. The molecule has 0 atom stereocenters. The molecule has 0 spiro atoms. The summed E-state index contributed by atoms with van der Waals surface area (Å²) in [4.78, 5) is 20.9. The minimum Gasteiger partial charge on any atom is -0.480 e. The van der Waals surface area contributed by atoms with Gasteiger partial charge in [0.25, 0.3) is 0 Å². The molecular formula is C8H15NO5. The van der Waals surface area contributed by atoms with Gasteiger partial charge in [-0.1, -0.05) is 0 Å². The largest absolute Gasteiger partial charge is 0.480 e. The van der Waals surface area contributed by atoms with Crippen molar-refractivity contribution < 1.29 is 24.5 Å². The van der Waals surface area contributed by atoms with E-state index in [9.17, 15) is 14.7 Å². The van der Waals surface area contributed by atoms with E-state index in [1.54, 1.807) is 13.8 Å². The summed E-state index contributed by atoms with van der Waals surface area (Å²) in [5.41, 5.74) is -0.984. The van der Waals surface area contributed by atoms with E-state index in [1.807, 2.05) is 0 Å². The Morgan fingerprint density at radius 1 is 1.36 bits per heavy atom. The molecule has 0 fully saturated rings. The number of aliphatic hydroxyl groups is 1. The minimum absolute atomic E-state index is 0.0995. The molecule has 0 aromatic heterocycles. The van der Waals surface area contributed by atoms with E-state index < -0.39 is 24.1 Å². The van der Waals surface area contributed by atoms with Gasteiger partial charge in [0, 0.05) is 6.54 Å². The van der Waals surface area contributed by atoms with Crippen LogP contribution in [0.25, 0.3) is 0 Å². The molecule has 0 aromatic carbocycles. The van der Waals surface area contributed by atoms with Gasteiger partial charge in [-0.05, 0) is 13.8 Å². The van der Waals surface area contributed by atoms with Crippen molar-refractivity contribution in [1.29, 1.82) is 0 Å². The summed E-state index contributed by atoms with van der Waals surface area (Å²) >= 11 is 0. The molecule has 0 unspecified atom stereocenters. The van der Waals surface area contributed by atoms with Crippen LogP contribution in [0.3, 0.4) is 0 Å². The SMILES string of the molecule is CC(C)(O)CNC(=O)COCC(=O)O. The highest BCUT2D eigenvalue weighted by Gasteiger charge is 2.13. The third kappa shape index (κ3) is 8.95. The van der Waals surface area contributed by atoms with Gasteiger partial charge in [0.05, 0.1) is 5.60 Å². The van der Waals surface area contributed by atoms with Gasteiger partial charge in [-0.2, -0.15) is 0 Å². The molecule has 0 rings (SSSR count). The summed E-state index contributed by atoms with van der Waals surface area (Å²) in [6.45, 7) is 2.37. The Bertz CT molecular complexity index is 208. The zero-order chi connectivity index (χ0) is 11.2. The minimum atomic E-state index is -1.12. The fourth-order valence-electron chi connectivity index (χ4n) is 0.597. The molecule has 0 bridgehead atoms. The summed E-state index contributed by atoms with van der Waals surface area (Å²) in [7, 11) is 0. The van der Waals surface area contributed by atoms with Crippen LogP contribution in [0.4, 0.5) is 0 Å². The molecule has 82 valence electrons. The molecule has 0 aliphatic carbocycles. The highest BCUT2D eigenvalue weighted by Crippen LogP contribution is 1.96. The normalized spacial score (nSPS) is 11.1. The molecule has 0 radical (unpaired) electrons. The third-order valence-corrected chi connectivity index (χ3v) is 1.18. The van der Waals surface area contributed by atoms with Crippen molar-refractivity contribution in [3.63, 3.8) is 0 Å². The summed E-state index contributed by atoms with van der Waals surface area (Å²) in [6.07, 6.45) is 0. The fraction of sp³-hybridized carbons (Fsp3) is 0.750. The number of hydrogen-bond acceptors (Lipinski definition) is 4. The van der Waals surface area contributed by atoms with Gasteiger partial charge < -0.3 is 20.3 Å². The lowest BCUT2D eigenvalue weighted by atomic mass is 10.1. The number of hydrogen-bond donors (Lipinski definition) is 3. The average molecular weight is 205 g/mol. The fourth-order valence-corrected chi connectivity index (χ4v) is 0.597. The Hall–Kier alpha value is -1.14. The molecule has 3 N–H and O–H groups in total. The number of carboxylic acids is 1. The second-order valence-electron chi connectivity index (χ2n) is 3.48. The molecule has 14 heavy (non-hydrogen) atoms. The first-order valence-corrected chi connectivity index (χ1v) is 4.10. The second kappa shape index (κ2) is 5.56. The van der Waals surface area contributed by atoms with E-state index in [4.69, 9.17) is 5.11 Å². The smallest absolute Gasteiger partial charge is 0.329 e. The van der Waals surface area contributed by atoms with Crippen molar-refractivity contribution >= 4 is 11.9 Å². The van der Waals surface area contributed by atoms with Crippen molar-refractivity contribution in [2.45, 2.75) is 19.4 Å². The van der Waals surface area contributed by atoms with Crippen LogP contribution in [0, 0.1) is 0 Å². The van der Waals surface area contributed by atoms with Crippen LogP contribution in [0.5, 0.6) is 0 Å². The molecule has 0 saturated heterocycles. The molecule has 0 saturated carbocycles. The van der Waals surface area contributed by atoms with Crippen LogP contribution in [0.15, 0.2) is 0 Å². The Morgan fingerprint density at radius 3 is 2.36 bits per heavy atom. The Labute approximate surface area is 81.9 Å². The zero-order valence-corrected chi connectivity index (χ0v) is 8.24. The number of aliphatic carboxylic acids is 1. The Balaban J connectivity index is 3.52. The maximum absolute atomic E-state index is 10.9. The monoisotopic (exact) mass is 205 g/mol. The van der Waals surface area contributed by atoms with Gasteiger partial charge in [-0.15, -0.1) is 0 Å². The molecule has 0 aliphatic rings. The van der Waals surface area contributed by atoms with Crippen LogP contribution < -0.4 is 5.32 Å². The lowest BCUT2D eigenvalue weighted by Crippen LogP contribution is -2.39. The molecule has 6 heteroatoms. The number of nitrogens with one attached hydrogen (secondary N) is 1. The van der Waals surface area contributed by atoms with Crippen LogP contribution in [0.2, 0.25) is 0 Å². The van der Waals surface area contributed by atoms with E-state index in [1.165, 1.54) is 0 Å².